The number of rotatable bonds is 6. The van der Waals surface area contributed by atoms with Crippen molar-refractivity contribution in [3.63, 3.8) is 0 Å². The molecule has 3 heterocycles. The lowest BCUT2D eigenvalue weighted by Gasteiger charge is -2.27. The molecule has 0 aliphatic carbocycles. The van der Waals surface area contributed by atoms with Crippen LogP contribution >= 0.6 is 0 Å². The standard InChI is InChI=1S/C24H27FN4O4/c1-15(2)14-29-19-12-17(11-16-3-5-18(25)6-4-16)13-26-21(19)22(30)20(24(29)32)23(31)27-28-7-9-33-10-8-28/h3-6,12-13,15,30H,7-11,14H2,1-2H3,(H,27,31). The van der Waals surface area contributed by atoms with Crippen molar-refractivity contribution >= 4 is 16.9 Å². The number of carbonyl (C=O) groups excluding carboxylic acids is 1. The van der Waals surface area contributed by atoms with Crippen LogP contribution in [0.5, 0.6) is 5.75 Å². The Morgan fingerprint density at radius 2 is 1.91 bits per heavy atom. The maximum absolute atomic E-state index is 13.4. The lowest BCUT2D eigenvalue weighted by atomic mass is 10.0. The summed E-state index contributed by atoms with van der Waals surface area (Å²) in [6, 6.07) is 7.96. The van der Waals surface area contributed by atoms with Crippen molar-refractivity contribution in [2.45, 2.75) is 26.8 Å². The summed E-state index contributed by atoms with van der Waals surface area (Å²) in [5, 5.41) is 12.5. The Hall–Kier alpha value is -3.30. The van der Waals surface area contributed by atoms with Gasteiger partial charge in [-0.25, -0.2) is 9.40 Å². The highest BCUT2D eigenvalue weighted by atomic mass is 19.1. The molecule has 0 saturated carbocycles. The molecule has 3 aromatic rings. The molecule has 0 unspecified atom stereocenters. The Bertz CT molecular complexity index is 1220. The molecule has 4 rings (SSSR count). The maximum Gasteiger partial charge on any atom is 0.275 e. The zero-order valence-electron chi connectivity index (χ0n) is 18.7. The number of hydrogen-bond donors (Lipinski definition) is 2. The first-order valence-corrected chi connectivity index (χ1v) is 11.0. The van der Waals surface area contributed by atoms with Crippen LogP contribution in [-0.4, -0.2) is 51.9 Å². The van der Waals surface area contributed by atoms with Gasteiger partial charge in [0.2, 0.25) is 0 Å². The Labute approximate surface area is 190 Å². The topological polar surface area (TPSA) is 96.7 Å². The van der Waals surface area contributed by atoms with Gasteiger partial charge in [0.25, 0.3) is 11.5 Å². The number of hydrogen-bond acceptors (Lipinski definition) is 6. The summed E-state index contributed by atoms with van der Waals surface area (Å²) in [6.45, 7) is 6.22. The minimum atomic E-state index is -0.670. The monoisotopic (exact) mass is 454 g/mol. The minimum Gasteiger partial charge on any atom is -0.505 e. The number of pyridine rings is 2. The van der Waals surface area contributed by atoms with E-state index in [4.69, 9.17) is 4.74 Å². The quantitative estimate of drug-likeness (QED) is 0.594. The molecule has 1 fully saturated rings. The van der Waals surface area contributed by atoms with Gasteiger partial charge in [-0.1, -0.05) is 26.0 Å². The van der Waals surface area contributed by atoms with Crippen molar-refractivity contribution in [3.05, 3.63) is 69.4 Å². The number of carbonyl (C=O) groups is 1. The van der Waals surface area contributed by atoms with E-state index in [0.29, 0.717) is 44.8 Å². The number of amides is 1. The number of aromatic hydroxyl groups is 1. The highest BCUT2D eigenvalue weighted by Crippen LogP contribution is 2.26. The van der Waals surface area contributed by atoms with E-state index in [0.717, 1.165) is 11.1 Å². The van der Waals surface area contributed by atoms with E-state index >= 15 is 0 Å². The fourth-order valence-electron chi connectivity index (χ4n) is 3.91. The fourth-order valence-corrected chi connectivity index (χ4v) is 3.91. The van der Waals surface area contributed by atoms with Gasteiger partial charge in [0, 0.05) is 25.8 Å². The molecule has 1 aromatic carbocycles. The summed E-state index contributed by atoms with van der Waals surface area (Å²) in [5.74, 6) is -1.30. The molecule has 1 saturated heterocycles. The number of ether oxygens (including phenoxy) is 1. The average Bonchev–Trinajstić information content (AvgIpc) is 2.79. The molecule has 9 heteroatoms. The lowest BCUT2D eigenvalue weighted by molar-refractivity contribution is 0.0125. The normalized spacial score (nSPS) is 14.7. The van der Waals surface area contributed by atoms with Crippen molar-refractivity contribution in [2.75, 3.05) is 26.3 Å². The van der Waals surface area contributed by atoms with Gasteiger partial charge in [-0.2, -0.15) is 0 Å². The smallest absolute Gasteiger partial charge is 0.275 e. The zero-order valence-corrected chi connectivity index (χ0v) is 18.7. The zero-order chi connectivity index (χ0) is 23.5. The molecule has 2 N–H and O–H groups in total. The van der Waals surface area contributed by atoms with Crippen molar-refractivity contribution < 1.29 is 19.0 Å². The van der Waals surface area contributed by atoms with E-state index in [1.807, 2.05) is 13.8 Å². The van der Waals surface area contributed by atoms with Crippen LogP contribution in [0.4, 0.5) is 4.39 Å². The molecule has 1 aliphatic rings. The van der Waals surface area contributed by atoms with Gasteiger partial charge in [0.05, 0.1) is 18.7 Å². The lowest BCUT2D eigenvalue weighted by Crippen LogP contribution is -2.49. The highest BCUT2D eigenvalue weighted by Gasteiger charge is 2.25. The first kappa shape index (κ1) is 22.9. The molecular weight excluding hydrogens is 427 g/mol. The average molecular weight is 455 g/mol. The second-order valence-corrected chi connectivity index (χ2v) is 8.59. The SMILES string of the molecule is CC(C)Cn1c(=O)c(C(=O)NN2CCOCC2)c(O)c2ncc(Cc3ccc(F)cc3)cc21. The third-order valence-corrected chi connectivity index (χ3v) is 5.50. The van der Waals surface area contributed by atoms with E-state index in [-0.39, 0.29) is 22.8 Å². The van der Waals surface area contributed by atoms with Gasteiger partial charge in [-0.15, -0.1) is 0 Å². The summed E-state index contributed by atoms with van der Waals surface area (Å²) in [5.41, 5.74) is 4.13. The molecule has 0 atom stereocenters. The number of fused-ring (bicyclic) bond motifs is 1. The maximum atomic E-state index is 13.4. The van der Waals surface area contributed by atoms with Gasteiger partial charge >= 0.3 is 0 Å². The molecule has 33 heavy (non-hydrogen) atoms. The molecule has 174 valence electrons. The van der Waals surface area contributed by atoms with Gasteiger partial charge < -0.3 is 14.4 Å². The minimum absolute atomic E-state index is 0.117. The van der Waals surface area contributed by atoms with Crippen LogP contribution in [0.3, 0.4) is 0 Å². The van der Waals surface area contributed by atoms with Crippen LogP contribution in [0.15, 0.2) is 41.3 Å². The number of halogens is 1. The largest absolute Gasteiger partial charge is 0.505 e. The molecule has 0 spiro atoms. The molecule has 8 nitrogen and oxygen atoms in total. The summed E-state index contributed by atoms with van der Waals surface area (Å²) < 4.78 is 20.0. The van der Waals surface area contributed by atoms with Crippen molar-refractivity contribution in [1.82, 2.24) is 20.0 Å². The summed E-state index contributed by atoms with van der Waals surface area (Å²) in [6.07, 6.45) is 2.08. The molecule has 0 bridgehead atoms. The van der Waals surface area contributed by atoms with Gasteiger partial charge in [-0.05, 0) is 41.7 Å². The molecule has 2 aromatic heterocycles. The fraction of sp³-hybridized carbons (Fsp3) is 0.375. The second-order valence-electron chi connectivity index (χ2n) is 8.59. The number of aromatic nitrogens is 2. The van der Waals surface area contributed by atoms with Crippen LogP contribution in [0, 0.1) is 11.7 Å². The summed E-state index contributed by atoms with van der Waals surface area (Å²) in [4.78, 5) is 30.7. The third kappa shape index (κ3) is 5.04. The third-order valence-electron chi connectivity index (χ3n) is 5.50. The molecular formula is C24H27FN4O4. The van der Waals surface area contributed by atoms with Crippen LogP contribution in [0.2, 0.25) is 0 Å². The summed E-state index contributed by atoms with van der Waals surface area (Å²) >= 11 is 0. The number of nitrogens with one attached hydrogen (secondary N) is 1. The van der Waals surface area contributed by atoms with E-state index in [1.165, 1.54) is 16.7 Å². The molecule has 1 amide bonds. The van der Waals surface area contributed by atoms with Crippen molar-refractivity contribution in [3.8, 4) is 5.75 Å². The first-order valence-electron chi connectivity index (χ1n) is 11.0. The predicted octanol–water partition coefficient (Wildman–Crippen LogP) is 2.47. The molecule has 0 radical (unpaired) electrons. The van der Waals surface area contributed by atoms with Gasteiger partial charge in [-0.3, -0.25) is 20.0 Å². The van der Waals surface area contributed by atoms with Crippen LogP contribution in [0.1, 0.15) is 35.3 Å². The summed E-state index contributed by atoms with van der Waals surface area (Å²) in [7, 11) is 0. The van der Waals surface area contributed by atoms with E-state index in [9.17, 15) is 19.1 Å². The van der Waals surface area contributed by atoms with E-state index in [2.05, 4.69) is 10.4 Å². The first-order chi connectivity index (χ1) is 15.8. The van der Waals surface area contributed by atoms with E-state index < -0.39 is 17.2 Å². The number of benzene rings is 1. The van der Waals surface area contributed by atoms with Crippen molar-refractivity contribution in [1.29, 1.82) is 0 Å². The number of nitrogens with zero attached hydrogens (tertiary/aromatic N) is 3. The molecule has 1 aliphatic heterocycles. The number of morpholine rings is 1. The Morgan fingerprint density at radius 1 is 1.21 bits per heavy atom. The van der Waals surface area contributed by atoms with Gasteiger partial charge in [0.1, 0.15) is 16.9 Å². The van der Waals surface area contributed by atoms with E-state index in [1.54, 1.807) is 29.4 Å². The Kier molecular flexibility index (Phi) is 6.71. The Morgan fingerprint density at radius 3 is 2.58 bits per heavy atom. The number of hydrazine groups is 1. The van der Waals surface area contributed by atoms with Crippen molar-refractivity contribution in [2.24, 2.45) is 5.92 Å². The predicted molar refractivity (Wildman–Crippen MR) is 122 cm³/mol. The highest BCUT2D eigenvalue weighted by molar-refractivity contribution is 6.01. The van der Waals surface area contributed by atoms with Crippen LogP contribution < -0.4 is 11.0 Å². The van der Waals surface area contributed by atoms with Crippen LogP contribution in [-0.2, 0) is 17.7 Å². The second kappa shape index (κ2) is 9.68. The van der Waals surface area contributed by atoms with Crippen LogP contribution in [0.25, 0.3) is 11.0 Å². The van der Waals surface area contributed by atoms with Gasteiger partial charge in [0.15, 0.2) is 5.75 Å². The Balaban J connectivity index is 1.76.